The van der Waals surface area contributed by atoms with Crippen LogP contribution in [0.15, 0.2) is 77.8 Å². The highest BCUT2D eigenvalue weighted by molar-refractivity contribution is 6.31. The number of guanidine groups is 1. The van der Waals surface area contributed by atoms with Crippen LogP contribution in [0, 0.1) is 5.82 Å². The average molecular weight is 506 g/mol. The Bertz CT molecular complexity index is 1200. The Labute approximate surface area is 203 Å². The number of nitrogens with one attached hydrogen (secondary N) is 4. The second kappa shape index (κ2) is 10.4. The minimum atomic E-state index is -4.52. The van der Waals surface area contributed by atoms with Crippen LogP contribution in [0.5, 0.6) is 0 Å². The molecular weight excluding hydrogens is 486 g/mol. The highest BCUT2D eigenvalue weighted by atomic mass is 35.5. The van der Waals surface area contributed by atoms with Gasteiger partial charge in [0, 0.05) is 28.7 Å². The first-order valence-electron chi connectivity index (χ1n) is 10.5. The lowest BCUT2D eigenvalue weighted by molar-refractivity contribution is -0.137. The number of amides is 1. The first-order valence-corrected chi connectivity index (χ1v) is 10.9. The number of nitrogens with zero attached hydrogens (tertiary/aromatic N) is 1. The molecule has 35 heavy (non-hydrogen) atoms. The van der Waals surface area contributed by atoms with E-state index in [-0.39, 0.29) is 34.4 Å². The van der Waals surface area contributed by atoms with Crippen molar-refractivity contribution < 1.29 is 22.4 Å². The van der Waals surface area contributed by atoms with Crippen molar-refractivity contribution >= 4 is 29.2 Å². The maximum absolute atomic E-state index is 13.8. The van der Waals surface area contributed by atoms with Crippen molar-refractivity contribution in [3.63, 3.8) is 0 Å². The molecule has 0 saturated carbocycles. The standard InChI is InChI=1S/C24H20ClF4N5O/c25-17-10-18(26)12-19(11-17)30-23(31-21-13-20(33-34-21)14-4-2-1-3-5-14)32-22(35)15-6-8-16(9-7-15)24(27,28)29/h1-12,20-21,33-34H,13H2,(H2,30,31,32,35). The van der Waals surface area contributed by atoms with E-state index in [1.165, 1.54) is 12.1 Å². The molecular formula is C24H20ClF4N5O. The van der Waals surface area contributed by atoms with Gasteiger partial charge in [0.25, 0.3) is 5.91 Å². The Kier molecular flexibility index (Phi) is 7.34. The van der Waals surface area contributed by atoms with E-state index in [2.05, 4.69) is 26.5 Å². The lowest BCUT2D eigenvalue weighted by Crippen LogP contribution is -2.47. The van der Waals surface area contributed by atoms with E-state index in [0.717, 1.165) is 35.9 Å². The van der Waals surface area contributed by atoms with Crippen molar-refractivity contribution in [2.24, 2.45) is 4.99 Å². The SMILES string of the molecule is O=C(/N=C(/Nc1cc(F)cc(Cl)c1)NC1CC(c2ccccc2)NN1)c1ccc(C(F)(F)F)cc1. The first kappa shape index (κ1) is 24.6. The van der Waals surface area contributed by atoms with Crippen molar-refractivity contribution in [2.45, 2.75) is 24.8 Å². The van der Waals surface area contributed by atoms with Crippen LogP contribution in [-0.2, 0) is 6.18 Å². The predicted octanol–water partition coefficient (Wildman–Crippen LogP) is 5.26. The second-order valence-corrected chi connectivity index (χ2v) is 8.24. The fourth-order valence-electron chi connectivity index (χ4n) is 3.55. The van der Waals surface area contributed by atoms with Crippen LogP contribution in [0.25, 0.3) is 0 Å². The third kappa shape index (κ3) is 6.56. The van der Waals surface area contributed by atoms with Crippen LogP contribution in [0.3, 0.4) is 0 Å². The minimum absolute atomic E-state index is 0.0239. The first-order chi connectivity index (χ1) is 16.7. The molecule has 1 saturated heterocycles. The zero-order valence-corrected chi connectivity index (χ0v) is 18.8. The summed E-state index contributed by atoms with van der Waals surface area (Å²) in [6.07, 6.45) is -4.33. The van der Waals surface area contributed by atoms with E-state index in [9.17, 15) is 22.4 Å². The molecule has 1 aliphatic rings. The third-order valence-electron chi connectivity index (χ3n) is 5.21. The van der Waals surface area contributed by atoms with Crippen molar-refractivity contribution in [1.29, 1.82) is 0 Å². The summed E-state index contributed by atoms with van der Waals surface area (Å²) in [6, 6.07) is 17.1. The van der Waals surface area contributed by atoms with Crippen molar-refractivity contribution in [1.82, 2.24) is 16.2 Å². The van der Waals surface area contributed by atoms with E-state index in [1.807, 2.05) is 30.3 Å². The zero-order valence-electron chi connectivity index (χ0n) is 18.0. The average Bonchev–Trinajstić information content (AvgIpc) is 3.27. The third-order valence-corrected chi connectivity index (χ3v) is 5.43. The minimum Gasteiger partial charge on any atom is -0.339 e. The van der Waals surface area contributed by atoms with E-state index >= 15 is 0 Å². The number of hydrogen-bond donors (Lipinski definition) is 4. The van der Waals surface area contributed by atoms with Gasteiger partial charge in [-0.1, -0.05) is 41.9 Å². The van der Waals surface area contributed by atoms with Crippen LogP contribution in [0.2, 0.25) is 5.02 Å². The topological polar surface area (TPSA) is 77.5 Å². The van der Waals surface area contributed by atoms with E-state index < -0.39 is 23.5 Å². The van der Waals surface area contributed by atoms with Gasteiger partial charge in [-0.05, 0) is 48.0 Å². The summed E-state index contributed by atoms with van der Waals surface area (Å²) in [5, 5.41) is 5.99. The highest BCUT2D eigenvalue weighted by Gasteiger charge is 2.30. The number of hydrazine groups is 1. The molecule has 6 nitrogen and oxygen atoms in total. The fraction of sp³-hybridized carbons (Fsp3) is 0.167. The van der Waals surface area contributed by atoms with Crippen LogP contribution < -0.4 is 21.5 Å². The molecule has 0 aromatic heterocycles. The fourth-order valence-corrected chi connectivity index (χ4v) is 3.77. The smallest absolute Gasteiger partial charge is 0.339 e. The molecule has 2 unspecified atom stereocenters. The number of alkyl halides is 3. The zero-order chi connectivity index (χ0) is 25.0. The van der Waals surface area contributed by atoms with Gasteiger partial charge in [-0.15, -0.1) is 0 Å². The number of hydrogen-bond acceptors (Lipinski definition) is 3. The number of anilines is 1. The molecule has 1 aliphatic heterocycles. The number of benzene rings is 3. The Morgan fingerprint density at radius 1 is 1.00 bits per heavy atom. The van der Waals surface area contributed by atoms with Gasteiger partial charge >= 0.3 is 6.18 Å². The lowest BCUT2D eigenvalue weighted by Gasteiger charge is -2.17. The Balaban J connectivity index is 1.55. The Hall–Kier alpha value is -3.47. The second-order valence-electron chi connectivity index (χ2n) is 7.81. The van der Waals surface area contributed by atoms with Crippen molar-refractivity contribution in [3.8, 4) is 0 Å². The van der Waals surface area contributed by atoms with Gasteiger partial charge in [0.05, 0.1) is 11.7 Å². The number of carbonyl (C=O) groups is 1. The van der Waals surface area contributed by atoms with E-state index in [1.54, 1.807) is 0 Å². The van der Waals surface area contributed by atoms with Crippen LogP contribution >= 0.6 is 11.6 Å². The molecule has 4 N–H and O–H groups in total. The van der Waals surface area contributed by atoms with Gasteiger partial charge < -0.3 is 10.6 Å². The van der Waals surface area contributed by atoms with E-state index in [4.69, 9.17) is 11.6 Å². The number of rotatable bonds is 4. The Morgan fingerprint density at radius 3 is 2.37 bits per heavy atom. The molecule has 0 radical (unpaired) electrons. The molecule has 2 atom stereocenters. The molecule has 1 heterocycles. The van der Waals surface area contributed by atoms with Gasteiger partial charge in [-0.25, -0.2) is 15.2 Å². The molecule has 1 amide bonds. The molecule has 3 aromatic rings. The highest BCUT2D eigenvalue weighted by Crippen LogP contribution is 2.29. The van der Waals surface area contributed by atoms with Gasteiger partial charge in [0.2, 0.25) is 5.96 Å². The molecule has 0 bridgehead atoms. The predicted molar refractivity (Wildman–Crippen MR) is 125 cm³/mol. The maximum Gasteiger partial charge on any atom is 0.416 e. The molecule has 0 aliphatic carbocycles. The number of halogens is 5. The van der Waals surface area contributed by atoms with E-state index in [0.29, 0.717) is 6.42 Å². The summed E-state index contributed by atoms with van der Waals surface area (Å²) in [5.41, 5.74) is 6.57. The summed E-state index contributed by atoms with van der Waals surface area (Å²) in [4.78, 5) is 16.7. The van der Waals surface area contributed by atoms with Gasteiger partial charge in [-0.3, -0.25) is 4.79 Å². The Morgan fingerprint density at radius 2 is 1.71 bits per heavy atom. The molecule has 0 spiro atoms. The van der Waals surface area contributed by atoms with Crippen LogP contribution in [-0.4, -0.2) is 18.0 Å². The quantitative estimate of drug-likeness (QED) is 0.221. The van der Waals surface area contributed by atoms with Crippen LogP contribution in [0.4, 0.5) is 23.2 Å². The normalized spacial score (nSPS) is 18.4. The van der Waals surface area contributed by atoms with Crippen LogP contribution in [0.1, 0.15) is 33.9 Å². The lowest BCUT2D eigenvalue weighted by atomic mass is 10.0. The molecule has 182 valence electrons. The largest absolute Gasteiger partial charge is 0.416 e. The molecule has 1 fully saturated rings. The van der Waals surface area contributed by atoms with Gasteiger partial charge in [0.1, 0.15) is 5.82 Å². The van der Waals surface area contributed by atoms with Crippen molar-refractivity contribution in [2.75, 3.05) is 5.32 Å². The van der Waals surface area contributed by atoms with Gasteiger partial charge in [-0.2, -0.15) is 18.2 Å². The molecule has 3 aromatic carbocycles. The van der Waals surface area contributed by atoms with Crippen molar-refractivity contribution in [3.05, 3.63) is 100 Å². The molecule has 4 rings (SSSR count). The number of aliphatic imine (C=N–C) groups is 1. The monoisotopic (exact) mass is 505 g/mol. The summed E-state index contributed by atoms with van der Waals surface area (Å²) < 4.78 is 52.3. The summed E-state index contributed by atoms with van der Waals surface area (Å²) >= 11 is 5.92. The maximum atomic E-state index is 13.8. The number of carbonyl (C=O) groups excluding carboxylic acids is 1. The molecule has 11 heteroatoms. The summed E-state index contributed by atoms with van der Waals surface area (Å²) in [7, 11) is 0. The summed E-state index contributed by atoms with van der Waals surface area (Å²) in [5.74, 6) is -1.43. The van der Waals surface area contributed by atoms with Gasteiger partial charge in [0.15, 0.2) is 0 Å². The summed E-state index contributed by atoms with van der Waals surface area (Å²) in [6.45, 7) is 0.